The third-order valence-corrected chi connectivity index (χ3v) is 3.92. The van der Waals surface area contributed by atoms with Crippen LogP contribution in [-0.2, 0) is 11.2 Å². The summed E-state index contributed by atoms with van der Waals surface area (Å²) in [5.41, 5.74) is 2.50. The molecule has 1 saturated heterocycles. The zero-order chi connectivity index (χ0) is 16.1. The third-order valence-electron chi connectivity index (χ3n) is 3.92. The molecule has 1 aliphatic rings. The minimum absolute atomic E-state index is 0.00990. The van der Waals surface area contributed by atoms with Gasteiger partial charge in [0.05, 0.1) is 18.8 Å². The van der Waals surface area contributed by atoms with Crippen LogP contribution in [0.2, 0.25) is 0 Å². The second-order valence-corrected chi connectivity index (χ2v) is 5.79. The quantitative estimate of drug-likeness (QED) is 0.859. The summed E-state index contributed by atoms with van der Waals surface area (Å²) in [4.78, 5) is 26.9. The van der Waals surface area contributed by atoms with Gasteiger partial charge in [0.25, 0.3) is 5.91 Å². The summed E-state index contributed by atoms with van der Waals surface area (Å²) in [5.74, 6) is 0.241. The standard InChI is InChI=1S/C17H20N4O2/c1-13-2-3-15(9-19-13)17(22)21-6-7-23-11-14(10-21)8-16-4-5-18-12-20-16/h2-5,9,12,14H,6-8,10-11H2,1H3/t14-/m1/s1. The number of hydrogen-bond acceptors (Lipinski definition) is 5. The lowest BCUT2D eigenvalue weighted by Crippen LogP contribution is -2.36. The maximum Gasteiger partial charge on any atom is 0.255 e. The fraction of sp³-hybridized carbons (Fsp3) is 0.412. The first-order valence-electron chi connectivity index (χ1n) is 7.77. The summed E-state index contributed by atoms with van der Waals surface area (Å²) in [7, 11) is 0. The summed E-state index contributed by atoms with van der Waals surface area (Å²) in [6.07, 6.45) is 5.70. The molecule has 0 aromatic carbocycles. The van der Waals surface area contributed by atoms with Crippen molar-refractivity contribution >= 4 is 5.91 Å². The molecule has 120 valence electrons. The number of amides is 1. The summed E-state index contributed by atoms with van der Waals surface area (Å²) < 4.78 is 5.66. The average molecular weight is 312 g/mol. The Morgan fingerprint density at radius 2 is 2.26 bits per heavy atom. The van der Waals surface area contributed by atoms with E-state index in [1.807, 2.05) is 30.0 Å². The molecule has 0 bridgehead atoms. The molecular weight excluding hydrogens is 292 g/mol. The predicted molar refractivity (Wildman–Crippen MR) is 84.9 cm³/mol. The van der Waals surface area contributed by atoms with Crippen LogP contribution in [0, 0.1) is 12.8 Å². The van der Waals surface area contributed by atoms with Gasteiger partial charge in [0.15, 0.2) is 0 Å². The van der Waals surface area contributed by atoms with Crippen molar-refractivity contribution in [2.24, 2.45) is 5.92 Å². The molecule has 1 fully saturated rings. The van der Waals surface area contributed by atoms with Crippen molar-refractivity contribution in [1.29, 1.82) is 0 Å². The topological polar surface area (TPSA) is 68.2 Å². The van der Waals surface area contributed by atoms with Gasteiger partial charge in [-0.3, -0.25) is 9.78 Å². The van der Waals surface area contributed by atoms with Crippen molar-refractivity contribution in [2.75, 3.05) is 26.3 Å². The Balaban J connectivity index is 1.69. The summed E-state index contributed by atoms with van der Waals surface area (Å²) in [6.45, 7) is 4.38. The fourth-order valence-electron chi connectivity index (χ4n) is 2.70. The predicted octanol–water partition coefficient (Wildman–Crippen LogP) is 1.51. The number of aryl methyl sites for hydroxylation is 1. The molecule has 0 aliphatic carbocycles. The molecule has 1 atom stereocenters. The van der Waals surface area contributed by atoms with E-state index in [1.165, 1.54) is 0 Å². The largest absolute Gasteiger partial charge is 0.379 e. The van der Waals surface area contributed by atoms with Crippen LogP contribution in [0.4, 0.5) is 0 Å². The van der Waals surface area contributed by atoms with E-state index in [0.717, 1.165) is 17.8 Å². The maximum absolute atomic E-state index is 12.7. The van der Waals surface area contributed by atoms with Gasteiger partial charge >= 0.3 is 0 Å². The first-order chi connectivity index (χ1) is 11.2. The first-order valence-corrected chi connectivity index (χ1v) is 7.77. The molecule has 0 spiro atoms. The highest BCUT2D eigenvalue weighted by Gasteiger charge is 2.24. The lowest BCUT2D eigenvalue weighted by Gasteiger charge is -2.23. The van der Waals surface area contributed by atoms with E-state index >= 15 is 0 Å². The third kappa shape index (κ3) is 4.10. The average Bonchev–Trinajstić information content (AvgIpc) is 2.81. The van der Waals surface area contributed by atoms with Crippen LogP contribution in [0.15, 0.2) is 36.9 Å². The van der Waals surface area contributed by atoms with Gasteiger partial charge in [-0.05, 0) is 31.5 Å². The smallest absolute Gasteiger partial charge is 0.255 e. The highest BCUT2D eigenvalue weighted by atomic mass is 16.5. The van der Waals surface area contributed by atoms with Gasteiger partial charge in [0.2, 0.25) is 0 Å². The molecule has 0 unspecified atom stereocenters. The molecule has 1 amide bonds. The lowest BCUT2D eigenvalue weighted by molar-refractivity contribution is 0.0737. The van der Waals surface area contributed by atoms with Gasteiger partial charge < -0.3 is 9.64 Å². The summed E-state index contributed by atoms with van der Waals surface area (Å²) in [5, 5.41) is 0. The van der Waals surface area contributed by atoms with E-state index in [2.05, 4.69) is 15.0 Å². The van der Waals surface area contributed by atoms with Crippen LogP contribution < -0.4 is 0 Å². The maximum atomic E-state index is 12.7. The minimum Gasteiger partial charge on any atom is -0.379 e. The molecular formula is C17H20N4O2. The number of ether oxygens (including phenoxy) is 1. The Kier molecular flexibility index (Phi) is 4.92. The molecule has 3 heterocycles. The molecule has 0 radical (unpaired) electrons. The van der Waals surface area contributed by atoms with Crippen molar-refractivity contribution in [1.82, 2.24) is 19.9 Å². The molecule has 2 aromatic heterocycles. The number of rotatable bonds is 3. The molecule has 6 nitrogen and oxygen atoms in total. The van der Waals surface area contributed by atoms with Crippen LogP contribution in [0.1, 0.15) is 21.7 Å². The monoisotopic (exact) mass is 312 g/mol. The highest BCUT2D eigenvalue weighted by molar-refractivity contribution is 5.93. The number of aromatic nitrogens is 3. The van der Waals surface area contributed by atoms with Crippen molar-refractivity contribution < 1.29 is 9.53 Å². The number of hydrogen-bond donors (Lipinski definition) is 0. The van der Waals surface area contributed by atoms with Crippen LogP contribution >= 0.6 is 0 Å². The van der Waals surface area contributed by atoms with Crippen molar-refractivity contribution in [3.8, 4) is 0 Å². The Bertz CT molecular complexity index is 645. The van der Waals surface area contributed by atoms with Crippen molar-refractivity contribution in [3.63, 3.8) is 0 Å². The number of carbonyl (C=O) groups excluding carboxylic acids is 1. The summed E-state index contributed by atoms with van der Waals surface area (Å²) >= 11 is 0. The van der Waals surface area contributed by atoms with Crippen LogP contribution in [0.25, 0.3) is 0 Å². The van der Waals surface area contributed by atoms with Gasteiger partial charge in [0.1, 0.15) is 6.33 Å². The van der Waals surface area contributed by atoms with Gasteiger partial charge in [0, 0.05) is 42.8 Å². The van der Waals surface area contributed by atoms with Crippen LogP contribution in [-0.4, -0.2) is 52.1 Å². The van der Waals surface area contributed by atoms with Gasteiger partial charge in [-0.2, -0.15) is 0 Å². The number of nitrogens with zero attached hydrogens (tertiary/aromatic N) is 4. The highest BCUT2D eigenvalue weighted by Crippen LogP contribution is 2.15. The Labute approximate surface area is 135 Å². The normalized spacial score (nSPS) is 18.5. The van der Waals surface area contributed by atoms with E-state index in [0.29, 0.717) is 31.9 Å². The molecule has 2 aromatic rings. The number of carbonyl (C=O) groups is 1. The Morgan fingerprint density at radius 1 is 1.35 bits per heavy atom. The van der Waals surface area contributed by atoms with Gasteiger partial charge in [-0.25, -0.2) is 9.97 Å². The van der Waals surface area contributed by atoms with E-state index in [1.54, 1.807) is 18.7 Å². The second-order valence-electron chi connectivity index (χ2n) is 5.79. The van der Waals surface area contributed by atoms with Crippen molar-refractivity contribution in [3.05, 3.63) is 53.9 Å². The van der Waals surface area contributed by atoms with E-state index < -0.39 is 0 Å². The SMILES string of the molecule is Cc1ccc(C(=O)N2CCOC[C@H](Cc3ccncn3)C2)cn1. The second kappa shape index (κ2) is 7.28. The number of pyridine rings is 1. The van der Waals surface area contributed by atoms with Crippen LogP contribution in [0.5, 0.6) is 0 Å². The Hall–Kier alpha value is -2.34. The minimum atomic E-state index is 0.00990. The zero-order valence-electron chi connectivity index (χ0n) is 13.2. The van der Waals surface area contributed by atoms with Gasteiger partial charge in [-0.1, -0.05) is 0 Å². The molecule has 3 rings (SSSR count). The zero-order valence-corrected chi connectivity index (χ0v) is 13.2. The molecule has 1 aliphatic heterocycles. The molecule has 0 N–H and O–H groups in total. The Morgan fingerprint density at radius 3 is 3.00 bits per heavy atom. The first kappa shape index (κ1) is 15.6. The van der Waals surface area contributed by atoms with Crippen molar-refractivity contribution in [2.45, 2.75) is 13.3 Å². The molecule has 6 heteroatoms. The van der Waals surface area contributed by atoms with Gasteiger partial charge in [-0.15, -0.1) is 0 Å². The molecule has 0 saturated carbocycles. The lowest BCUT2D eigenvalue weighted by atomic mass is 10.0. The van der Waals surface area contributed by atoms with E-state index in [4.69, 9.17) is 4.74 Å². The van der Waals surface area contributed by atoms with E-state index in [-0.39, 0.29) is 11.8 Å². The summed E-state index contributed by atoms with van der Waals surface area (Å²) in [6, 6.07) is 5.59. The fourth-order valence-corrected chi connectivity index (χ4v) is 2.70. The van der Waals surface area contributed by atoms with E-state index in [9.17, 15) is 4.79 Å². The molecule has 23 heavy (non-hydrogen) atoms. The van der Waals surface area contributed by atoms with Crippen LogP contribution in [0.3, 0.4) is 0 Å².